The maximum atomic E-state index is 13.0. The minimum Gasteiger partial charge on any atom is -0.387 e. The fourth-order valence-corrected chi connectivity index (χ4v) is 2.39. The van der Waals surface area contributed by atoms with Crippen LogP contribution >= 0.6 is 0 Å². The molecule has 0 saturated heterocycles. The van der Waals surface area contributed by atoms with Crippen LogP contribution in [0.3, 0.4) is 0 Å². The number of nitrogens with zero attached hydrogens (tertiary/aromatic N) is 3. The van der Waals surface area contributed by atoms with Crippen molar-refractivity contribution in [1.82, 2.24) is 14.6 Å². The number of aliphatic hydroxyl groups is 1. The molecule has 1 unspecified atom stereocenters. The van der Waals surface area contributed by atoms with Gasteiger partial charge in [-0.05, 0) is 17.7 Å². The third-order valence-electron chi connectivity index (χ3n) is 3.74. The molecule has 0 aliphatic carbocycles. The fraction of sp³-hybridized carbons (Fsp3) is 0.250. The molecule has 0 saturated carbocycles. The van der Waals surface area contributed by atoms with Crippen LogP contribution in [0, 0.1) is 5.82 Å². The lowest BCUT2D eigenvalue weighted by atomic mass is 10.1. The van der Waals surface area contributed by atoms with E-state index in [-0.39, 0.29) is 12.1 Å². The van der Waals surface area contributed by atoms with Crippen molar-refractivity contribution in [1.29, 1.82) is 0 Å². The second kappa shape index (κ2) is 6.93. The van der Waals surface area contributed by atoms with Crippen molar-refractivity contribution in [3.63, 3.8) is 0 Å². The van der Waals surface area contributed by atoms with Crippen LogP contribution < -0.4 is 5.32 Å². The van der Waals surface area contributed by atoms with Crippen molar-refractivity contribution < 1.29 is 35.8 Å². The Hall–Kier alpha value is -2.89. The molecule has 28 heavy (non-hydrogen) atoms. The van der Waals surface area contributed by atoms with Crippen molar-refractivity contribution in [2.24, 2.45) is 0 Å². The number of hydrogen-bond acceptors (Lipinski definition) is 4. The molecule has 3 aromatic rings. The van der Waals surface area contributed by atoms with Crippen molar-refractivity contribution >= 4 is 11.5 Å². The highest BCUT2D eigenvalue weighted by atomic mass is 19.4. The predicted octanol–water partition coefficient (Wildman–Crippen LogP) is 4.05. The molecule has 3 rings (SSSR count). The smallest absolute Gasteiger partial charge is 0.387 e. The van der Waals surface area contributed by atoms with Gasteiger partial charge in [0.25, 0.3) is 0 Å². The van der Waals surface area contributed by atoms with E-state index in [9.17, 15) is 35.8 Å². The summed E-state index contributed by atoms with van der Waals surface area (Å²) in [5, 5.41) is 15.7. The fourth-order valence-electron chi connectivity index (χ4n) is 2.39. The summed E-state index contributed by atoms with van der Waals surface area (Å²) in [7, 11) is 0. The first-order valence-corrected chi connectivity index (χ1v) is 7.68. The number of fused-ring (bicyclic) bond motifs is 1. The highest BCUT2D eigenvalue weighted by Crippen LogP contribution is 2.33. The van der Waals surface area contributed by atoms with Crippen molar-refractivity contribution in [3.05, 3.63) is 59.2 Å². The van der Waals surface area contributed by atoms with Crippen LogP contribution in [0.5, 0.6) is 0 Å². The number of benzene rings is 1. The second-order valence-corrected chi connectivity index (χ2v) is 5.77. The standard InChI is InChI=1S/C16H11F7N4O/c17-9-3-1-8(2-4-9)10(28)7-24-13-5-11(15(18,19)20)25-14-6-12(16(21,22)23)26-27(13)14/h1-6,10,24,28H,7H2. The Balaban J connectivity index is 1.95. The molecule has 1 aromatic carbocycles. The van der Waals surface area contributed by atoms with Gasteiger partial charge in [0.1, 0.15) is 11.6 Å². The van der Waals surface area contributed by atoms with E-state index in [1.54, 1.807) is 0 Å². The van der Waals surface area contributed by atoms with E-state index in [2.05, 4.69) is 15.4 Å². The highest BCUT2D eigenvalue weighted by molar-refractivity contribution is 5.51. The molecule has 0 radical (unpaired) electrons. The van der Waals surface area contributed by atoms with Crippen LogP contribution in [0.4, 0.5) is 36.6 Å². The van der Waals surface area contributed by atoms with Crippen LogP contribution in [0.1, 0.15) is 23.1 Å². The van der Waals surface area contributed by atoms with Gasteiger partial charge in [0.2, 0.25) is 0 Å². The minimum absolute atomic E-state index is 0.256. The average Bonchev–Trinajstić information content (AvgIpc) is 3.04. The van der Waals surface area contributed by atoms with Crippen LogP contribution in [-0.2, 0) is 12.4 Å². The first kappa shape index (κ1) is 19.9. The number of alkyl halides is 6. The summed E-state index contributed by atoms with van der Waals surface area (Å²) in [6, 6.07) is 5.55. The molecule has 0 aliphatic rings. The van der Waals surface area contributed by atoms with Gasteiger partial charge in [-0.25, -0.2) is 9.37 Å². The predicted molar refractivity (Wildman–Crippen MR) is 82.8 cm³/mol. The summed E-state index contributed by atoms with van der Waals surface area (Å²) < 4.78 is 91.0. The molecule has 0 bridgehead atoms. The van der Waals surface area contributed by atoms with Gasteiger partial charge in [-0.3, -0.25) is 0 Å². The molecule has 0 spiro atoms. The summed E-state index contributed by atoms with van der Waals surface area (Å²) in [5.41, 5.74) is -3.25. The Bertz CT molecular complexity index is 980. The maximum absolute atomic E-state index is 13.0. The van der Waals surface area contributed by atoms with E-state index in [0.717, 1.165) is 12.1 Å². The quantitative estimate of drug-likeness (QED) is 0.640. The molecule has 12 heteroatoms. The molecule has 2 heterocycles. The number of rotatable bonds is 4. The SMILES string of the molecule is OC(CNc1cc(C(F)(F)F)nc2cc(C(F)(F)F)nn12)c1ccc(F)cc1. The Kier molecular flexibility index (Phi) is 4.91. The van der Waals surface area contributed by atoms with Gasteiger partial charge < -0.3 is 10.4 Å². The number of hydrogen-bond donors (Lipinski definition) is 2. The number of aromatic nitrogens is 3. The minimum atomic E-state index is -4.91. The third-order valence-corrected chi connectivity index (χ3v) is 3.74. The third kappa shape index (κ3) is 4.16. The zero-order valence-electron chi connectivity index (χ0n) is 13.7. The van der Waals surface area contributed by atoms with Crippen molar-refractivity contribution in [2.75, 3.05) is 11.9 Å². The first-order valence-electron chi connectivity index (χ1n) is 7.68. The number of halogens is 7. The monoisotopic (exact) mass is 408 g/mol. The van der Waals surface area contributed by atoms with Crippen LogP contribution in [0.15, 0.2) is 36.4 Å². The van der Waals surface area contributed by atoms with E-state index in [1.807, 2.05) is 0 Å². The van der Waals surface area contributed by atoms with Gasteiger partial charge in [-0.2, -0.15) is 36.0 Å². The lowest BCUT2D eigenvalue weighted by molar-refractivity contribution is -0.142. The Morgan fingerprint density at radius 1 is 0.964 bits per heavy atom. The van der Waals surface area contributed by atoms with Gasteiger partial charge in [0, 0.05) is 18.7 Å². The normalized spacial score (nSPS) is 13.7. The topological polar surface area (TPSA) is 62.5 Å². The molecule has 5 nitrogen and oxygen atoms in total. The number of anilines is 1. The summed E-state index contributed by atoms with van der Waals surface area (Å²) in [6.45, 7) is -0.372. The first-order chi connectivity index (χ1) is 12.9. The second-order valence-electron chi connectivity index (χ2n) is 5.77. The molecule has 0 fully saturated rings. The lowest BCUT2D eigenvalue weighted by Gasteiger charge is -2.15. The van der Waals surface area contributed by atoms with E-state index >= 15 is 0 Å². The summed E-state index contributed by atoms with van der Waals surface area (Å²) in [6.07, 6.45) is -11.1. The molecule has 1 atom stereocenters. The van der Waals surface area contributed by atoms with Gasteiger partial charge in [0.15, 0.2) is 17.0 Å². The lowest BCUT2D eigenvalue weighted by Crippen LogP contribution is -2.17. The van der Waals surface area contributed by atoms with E-state index < -0.39 is 47.1 Å². The van der Waals surface area contributed by atoms with Crippen LogP contribution in [0.2, 0.25) is 0 Å². The molecule has 2 N–H and O–H groups in total. The van der Waals surface area contributed by atoms with Gasteiger partial charge in [0.05, 0.1) is 6.10 Å². The van der Waals surface area contributed by atoms with Crippen molar-refractivity contribution in [2.45, 2.75) is 18.5 Å². The molecular weight excluding hydrogens is 397 g/mol. The zero-order valence-corrected chi connectivity index (χ0v) is 13.7. The van der Waals surface area contributed by atoms with Gasteiger partial charge >= 0.3 is 12.4 Å². The summed E-state index contributed by atoms with van der Waals surface area (Å²) >= 11 is 0. The Labute approximate surface area is 152 Å². The van der Waals surface area contributed by atoms with Crippen molar-refractivity contribution in [3.8, 4) is 0 Å². The largest absolute Gasteiger partial charge is 0.435 e. The maximum Gasteiger partial charge on any atom is 0.435 e. The average molecular weight is 408 g/mol. The van der Waals surface area contributed by atoms with Gasteiger partial charge in [-0.1, -0.05) is 12.1 Å². The van der Waals surface area contributed by atoms with E-state index in [0.29, 0.717) is 16.6 Å². The molecule has 2 aromatic heterocycles. The molecule has 0 aliphatic heterocycles. The van der Waals surface area contributed by atoms with Crippen LogP contribution in [0.25, 0.3) is 5.65 Å². The molecular formula is C16H11F7N4O. The van der Waals surface area contributed by atoms with Crippen LogP contribution in [-0.4, -0.2) is 26.2 Å². The number of aliphatic hydroxyl groups excluding tert-OH is 1. The zero-order chi connectivity index (χ0) is 20.7. The number of nitrogens with one attached hydrogen (secondary N) is 1. The molecule has 0 amide bonds. The summed E-state index contributed by atoms with van der Waals surface area (Å²) in [5.74, 6) is -1.00. The Morgan fingerprint density at radius 2 is 1.57 bits per heavy atom. The summed E-state index contributed by atoms with van der Waals surface area (Å²) in [4.78, 5) is 3.17. The highest BCUT2D eigenvalue weighted by Gasteiger charge is 2.37. The van der Waals surface area contributed by atoms with E-state index in [1.165, 1.54) is 12.1 Å². The Morgan fingerprint density at radius 3 is 2.14 bits per heavy atom. The molecule has 150 valence electrons. The van der Waals surface area contributed by atoms with Gasteiger partial charge in [-0.15, -0.1) is 0 Å². The van der Waals surface area contributed by atoms with E-state index in [4.69, 9.17) is 0 Å².